The Labute approximate surface area is 133 Å². The molecule has 0 saturated carbocycles. The molecule has 2 N–H and O–H groups in total. The normalized spacial score (nSPS) is 10.8. The minimum atomic E-state index is -0.0203. The Morgan fingerprint density at radius 1 is 1.43 bits per heavy atom. The van der Waals surface area contributed by atoms with E-state index in [2.05, 4.69) is 15.5 Å². The highest BCUT2D eigenvalue weighted by Crippen LogP contribution is 2.16. The van der Waals surface area contributed by atoms with Crippen LogP contribution in [0, 0.1) is 4.77 Å². The maximum Gasteiger partial charge on any atom is 0.230 e. The first kappa shape index (κ1) is 15.8. The number of carbonyl (C=O) groups is 1. The van der Waals surface area contributed by atoms with E-state index >= 15 is 0 Å². The number of H-pyrrole nitrogens is 1. The number of carbonyl (C=O) groups excluding carboxylic acids is 1. The number of aromatic nitrogens is 3. The van der Waals surface area contributed by atoms with Crippen molar-refractivity contribution >= 4 is 29.9 Å². The zero-order valence-corrected chi connectivity index (χ0v) is 13.6. The Morgan fingerprint density at radius 3 is 2.81 bits per heavy atom. The molecule has 1 aromatic heterocycles. The summed E-state index contributed by atoms with van der Waals surface area (Å²) < 4.78 is 2.48. The molecule has 0 fully saturated rings. The van der Waals surface area contributed by atoms with Crippen molar-refractivity contribution in [3.63, 3.8) is 0 Å². The van der Waals surface area contributed by atoms with Gasteiger partial charge in [-0.25, -0.2) is 0 Å². The summed E-state index contributed by atoms with van der Waals surface area (Å²) in [5.74, 6) is 1.11. The summed E-state index contributed by atoms with van der Waals surface area (Å²) in [5, 5.41) is 9.78. The van der Waals surface area contributed by atoms with Crippen LogP contribution in [0.4, 0.5) is 0 Å². The lowest BCUT2D eigenvalue weighted by molar-refractivity contribution is -0.118. The molecule has 112 valence electrons. The zero-order valence-electron chi connectivity index (χ0n) is 12.0. The van der Waals surface area contributed by atoms with Crippen LogP contribution in [0.15, 0.2) is 35.2 Å². The van der Waals surface area contributed by atoms with Crippen molar-refractivity contribution in [3.05, 3.63) is 40.9 Å². The van der Waals surface area contributed by atoms with Gasteiger partial charge in [-0.2, -0.15) is 5.10 Å². The van der Waals surface area contributed by atoms with Crippen LogP contribution in [0.25, 0.3) is 0 Å². The van der Waals surface area contributed by atoms with Crippen molar-refractivity contribution in [2.45, 2.75) is 31.3 Å². The highest BCUT2D eigenvalue weighted by molar-refractivity contribution is 8.00. The monoisotopic (exact) mass is 322 g/mol. The molecule has 0 saturated heterocycles. The van der Waals surface area contributed by atoms with Crippen LogP contribution < -0.4 is 5.32 Å². The van der Waals surface area contributed by atoms with Crippen molar-refractivity contribution in [2.24, 2.45) is 0 Å². The largest absolute Gasteiger partial charge is 0.348 e. The molecule has 0 radical (unpaired) electrons. The Bertz CT molecular complexity index is 648. The summed E-state index contributed by atoms with van der Waals surface area (Å²) in [4.78, 5) is 13.0. The lowest BCUT2D eigenvalue weighted by Crippen LogP contribution is -2.26. The summed E-state index contributed by atoms with van der Waals surface area (Å²) in [6, 6.07) is 10.1. The van der Waals surface area contributed by atoms with Crippen LogP contribution in [-0.2, 0) is 11.3 Å². The molecule has 21 heavy (non-hydrogen) atoms. The Morgan fingerprint density at radius 2 is 2.14 bits per heavy atom. The van der Waals surface area contributed by atoms with E-state index in [-0.39, 0.29) is 11.9 Å². The van der Waals surface area contributed by atoms with Gasteiger partial charge in [-0.15, -0.1) is 11.8 Å². The second-order valence-electron chi connectivity index (χ2n) is 4.79. The first-order valence-corrected chi connectivity index (χ1v) is 8.07. The first-order valence-electron chi connectivity index (χ1n) is 6.68. The van der Waals surface area contributed by atoms with Gasteiger partial charge < -0.3 is 9.88 Å². The number of nitrogens with zero attached hydrogens (tertiary/aromatic N) is 2. The molecule has 0 aliphatic heterocycles. The second kappa shape index (κ2) is 7.42. The molecule has 2 aromatic rings. The van der Waals surface area contributed by atoms with Gasteiger partial charge in [0.15, 0.2) is 10.6 Å². The van der Waals surface area contributed by atoms with E-state index in [1.54, 1.807) is 0 Å². The topological polar surface area (TPSA) is 62.7 Å². The van der Waals surface area contributed by atoms with Gasteiger partial charge >= 0.3 is 0 Å². The SMILES string of the molecule is CC(C)n1c(CNC(=O)CSc2ccccc2)n[nH]c1=S. The zero-order chi connectivity index (χ0) is 15.2. The first-order chi connectivity index (χ1) is 10.1. The quantitative estimate of drug-likeness (QED) is 0.634. The summed E-state index contributed by atoms with van der Waals surface area (Å²) in [5.41, 5.74) is 0. The number of nitrogens with one attached hydrogen (secondary N) is 2. The molecule has 0 atom stereocenters. The van der Waals surface area contributed by atoms with Crippen molar-refractivity contribution in [1.82, 2.24) is 20.1 Å². The number of amides is 1. The summed E-state index contributed by atoms with van der Waals surface area (Å²) in [6.07, 6.45) is 0. The second-order valence-corrected chi connectivity index (χ2v) is 6.22. The standard InChI is InChI=1S/C14H18N4OS2/c1-10(2)18-12(16-17-14(18)20)8-15-13(19)9-21-11-6-4-3-5-7-11/h3-7,10H,8-9H2,1-2H3,(H,15,19)(H,17,20). The smallest absolute Gasteiger partial charge is 0.230 e. The van der Waals surface area contributed by atoms with Crippen molar-refractivity contribution in [3.8, 4) is 0 Å². The molecular formula is C14H18N4OS2. The van der Waals surface area contributed by atoms with Gasteiger partial charge in [0.2, 0.25) is 5.91 Å². The highest BCUT2D eigenvalue weighted by Gasteiger charge is 2.10. The fourth-order valence-corrected chi connectivity index (χ4v) is 3.00. The molecule has 7 heteroatoms. The number of benzene rings is 1. The van der Waals surface area contributed by atoms with E-state index in [1.165, 1.54) is 11.8 Å². The number of hydrogen-bond acceptors (Lipinski definition) is 4. The van der Waals surface area contributed by atoms with Gasteiger partial charge in [0.1, 0.15) is 0 Å². The van der Waals surface area contributed by atoms with Gasteiger partial charge in [-0.05, 0) is 38.2 Å². The predicted molar refractivity (Wildman–Crippen MR) is 86.8 cm³/mol. The van der Waals surface area contributed by atoms with Crippen LogP contribution in [0.1, 0.15) is 25.7 Å². The van der Waals surface area contributed by atoms with E-state index < -0.39 is 0 Å². The minimum Gasteiger partial charge on any atom is -0.348 e. The van der Waals surface area contributed by atoms with Gasteiger partial charge in [0.25, 0.3) is 0 Å². The van der Waals surface area contributed by atoms with Crippen LogP contribution in [0.5, 0.6) is 0 Å². The summed E-state index contributed by atoms with van der Waals surface area (Å²) in [6.45, 7) is 4.43. The molecule has 0 unspecified atom stereocenters. The molecule has 0 aliphatic carbocycles. The third-order valence-electron chi connectivity index (χ3n) is 2.85. The van der Waals surface area contributed by atoms with Crippen LogP contribution in [-0.4, -0.2) is 26.4 Å². The number of aromatic amines is 1. The van der Waals surface area contributed by atoms with Crippen LogP contribution in [0.3, 0.4) is 0 Å². The van der Waals surface area contributed by atoms with Gasteiger partial charge in [-0.3, -0.25) is 9.89 Å². The summed E-state index contributed by atoms with van der Waals surface area (Å²) in [7, 11) is 0. The van der Waals surface area contributed by atoms with Gasteiger partial charge in [0, 0.05) is 10.9 Å². The van der Waals surface area contributed by atoms with E-state index in [1.807, 2.05) is 48.7 Å². The van der Waals surface area contributed by atoms with Crippen molar-refractivity contribution < 1.29 is 4.79 Å². The summed E-state index contributed by atoms with van der Waals surface area (Å²) >= 11 is 6.68. The van der Waals surface area contributed by atoms with E-state index in [4.69, 9.17) is 12.2 Å². The van der Waals surface area contributed by atoms with Crippen LogP contribution in [0.2, 0.25) is 0 Å². The lowest BCUT2D eigenvalue weighted by Gasteiger charge is -2.10. The molecule has 1 aromatic carbocycles. The predicted octanol–water partition coefficient (Wildman–Crippen LogP) is 2.93. The van der Waals surface area contributed by atoms with Gasteiger partial charge in [0.05, 0.1) is 12.3 Å². The third kappa shape index (κ3) is 4.44. The molecule has 5 nitrogen and oxygen atoms in total. The Balaban J connectivity index is 1.86. The van der Waals surface area contributed by atoms with Crippen molar-refractivity contribution in [1.29, 1.82) is 0 Å². The molecule has 0 aliphatic rings. The molecule has 1 amide bonds. The fraction of sp³-hybridized carbons (Fsp3) is 0.357. The molecule has 1 heterocycles. The highest BCUT2D eigenvalue weighted by atomic mass is 32.2. The van der Waals surface area contributed by atoms with E-state index in [0.717, 1.165) is 10.7 Å². The lowest BCUT2D eigenvalue weighted by atomic mass is 10.4. The average molecular weight is 322 g/mol. The number of hydrogen-bond donors (Lipinski definition) is 2. The maximum absolute atomic E-state index is 11.9. The Hall–Kier alpha value is -1.60. The molecule has 0 spiro atoms. The Kier molecular flexibility index (Phi) is 5.58. The van der Waals surface area contributed by atoms with E-state index in [0.29, 0.717) is 17.1 Å². The average Bonchev–Trinajstić information content (AvgIpc) is 2.85. The van der Waals surface area contributed by atoms with Crippen LogP contribution >= 0.6 is 24.0 Å². The number of thioether (sulfide) groups is 1. The molecule has 2 rings (SSSR count). The fourth-order valence-electron chi connectivity index (χ4n) is 1.89. The van der Waals surface area contributed by atoms with Crippen molar-refractivity contribution in [2.75, 3.05) is 5.75 Å². The minimum absolute atomic E-state index is 0.0203. The molecular weight excluding hydrogens is 304 g/mol. The van der Waals surface area contributed by atoms with E-state index in [9.17, 15) is 4.79 Å². The maximum atomic E-state index is 11.9. The third-order valence-corrected chi connectivity index (χ3v) is 4.15. The van der Waals surface area contributed by atoms with Gasteiger partial charge in [-0.1, -0.05) is 18.2 Å². The molecule has 0 bridgehead atoms. The number of rotatable bonds is 6.